The molecule has 2 aromatic carbocycles. The van der Waals surface area contributed by atoms with Gasteiger partial charge in [-0.1, -0.05) is 11.6 Å². The molecule has 24 heavy (non-hydrogen) atoms. The normalized spacial score (nSPS) is 19.0. The second kappa shape index (κ2) is 6.29. The first-order valence-corrected chi connectivity index (χ1v) is 7.96. The third-order valence-corrected chi connectivity index (χ3v) is 4.43. The van der Waals surface area contributed by atoms with Crippen LogP contribution in [0.4, 0.5) is 0 Å². The van der Waals surface area contributed by atoms with Crippen molar-refractivity contribution < 1.29 is 14.2 Å². The second-order valence-electron chi connectivity index (χ2n) is 5.71. The number of hydrogen-bond acceptors (Lipinski definition) is 4. The molecule has 0 saturated heterocycles. The van der Waals surface area contributed by atoms with Gasteiger partial charge in [-0.05, 0) is 60.5 Å². The molecule has 1 aliphatic rings. The van der Waals surface area contributed by atoms with Gasteiger partial charge in [-0.2, -0.15) is 0 Å². The van der Waals surface area contributed by atoms with Crippen LogP contribution in [-0.2, 0) is 5.00 Å². The van der Waals surface area contributed by atoms with Crippen LogP contribution in [-0.4, -0.2) is 21.3 Å². The summed E-state index contributed by atoms with van der Waals surface area (Å²) in [5.41, 5.74) is 3.91. The lowest BCUT2D eigenvalue weighted by molar-refractivity contribution is 0.353. The van der Waals surface area contributed by atoms with Crippen molar-refractivity contribution in [3.63, 3.8) is 0 Å². The molecular formula is C19H20ClNO3. The van der Waals surface area contributed by atoms with E-state index in [0.717, 1.165) is 28.1 Å². The number of benzene rings is 2. The number of ether oxygens (including phenoxy) is 3. The fraction of sp³-hybridized carbons (Fsp3) is 0.263. The highest BCUT2D eigenvalue weighted by atomic mass is 35.5. The van der Waals surface area contributed by atoms with Gasteiger partial charge in [0.15, 0.2) is 11.5 Å². The number of fused-ring (bicyclic) bond motifs is 1. The van der Waals surface area contributed by atoms with Crippen molar-refractivity contribution in [2.24, 2.45) is 0 Å². The van der Waals surface area contributed by atoms with Gasteiger partial charge >= 0.3 is 0 Å². The van der Waals surface area contributed by atoms with E-state index in [4.69, 9.17) is 25.8 Å². The standard InChI is InChI=1S/C19H20ClNO3/c1-19(20)15-11-18(24-4)17(23-3)10-13(15)9-16(21-19)12-5-7-14(22-2)8-6-12/h5-11,21H,1-4H3. The molecule has 0 fully saturated rings. The Kier molecular flexibility index (Phi) is 4.33. The van der Waals surface area contributed by atoms with E-state index in [2.05, 4.69) is 11.4 Å². The molecule has 1 N–H and O–H groups in total. The molecule has 3 rings (SSSR count). The summed E-state index contributed by atoms with van der Waals surface area (Å²) in [5, 5.41) is 3.38. The lowest BCUT2D eigenvalue weighted by atomic mass is 9.93. The maximum absolute atomic E-state index is 6.76. The molecule has 1 unspecified atom stereocenters. The highest BCUT2D eigenvalue weighted by Crippen LogP contribution is 2.42. The van der Waals surface area contributed by atoms with Gasteiger partial charge in [0, 0.05) is 11.3 Å². The predicted molar refractivity (Wildman–Crippen MR) is 96.8 cm³/mol. The quantitative estimate of drug-likeness (QED) is 0.665. The Hall–Kier alpha value is -2.33. The van der Waals surface area contributed by atoms with Gasteiger partial charge in [0.1, 0.15) is 10.7 Å². The molecule has 5 heteroatoms. The lowest BCUT2D eigenvalue weighted by Crippen LogP contribution is -2.36. The van der Waals surface area contributed by atoms with Gasteiger partial charge in [0.05, 0.1) is 21.3 Å². The molecule has 1 atom stereocenters. The number of nitrogens with one attached hydrogen (secondary N) is 1. The Morgan fingerprint density at radius 2 is 1.54 bits per heavy atom. The van der Waals surface area contributed by atoms with Crippen molar-refractivity contribution in [1.29, 1.82) is 0 Å². The van der Waals surface area contributed by atoms with Gasteiger partial charge in [-0.15, -0.1) is 0 Å². The Bertz CT molecular complexity index is 782. The van der Waals surface area contributed by atoms with Crippen molar-refractivity contribution in [3.05, 3.63) is 53.1 Å². The summed E-state index contributed by atoms with van der Waals surface area (Å²) in [6, 6.07) is 11.7. The van der Waals surface area contributed by atoms with Crippen LogP contribution in [0.5, 0.6) is 17.2 Å². The number of methoxy groups -OCH3 is 3. The largest absolute Gasteiger partial charge is 0.497 e. The zero-order valence-electron chi connectivity index (χ0n) is 14.1. The summed E-state index contributed by atoms with van der Waals surface area (Å²) in [7, 11) is 4.89. The first-order chi connectivity index (χ1) is 11.5. The number of halogens is 1. The minimum absolute atomic E-state index is 0.659. The van der Waals surface area contributed by atoms with E-state index in [1.807, 2.05) is 43.3 Å². The van der Waals surface area contributed by atoms with Gasteiger partial charge in [-0.3, -0.25) is 0 Å². The van der Waals surface area contributed by atoms with E-state index in [9.17, 15) is 0 Å². The zero-order valence-corrected chi connectivity index (χ0v) is 14.9. The Morgan fingerprint density at radius 1 is 0.917 bits per heavy atom. The van der Waals surface area contributed by atoms with E-state index in [1.54, 1.807) is 21.3 Å². The average Bonchev–Trinajstić information content (AvgIpc) is 2.60. The van der Waals surface area contributed by atoms with Gasteiger partial charge in [-0.25, -0.2) is 0 Å². The molecule has 0 spiro atoms. The SMILES string of the molecule is COc1ccc(C2=Cc3cc(OC)c(OC)cc3C(C)(Cl)N2)cc1. The summed E-state index contributed by atoms with van der Waals surface area (Å²) < 4.78 is 16.0. The predicted octanol–water partition coefficient (Wildman–Crippen LogP) is 4.23. The van der Waals surface area contributed by atoms with Crippen molar-refractivity contribution in [2.75, 3.05) is 21.3 Å². The van der Waals surface area contributed by atoms with Crippen LogP contribution < -0.4 is 19.5 Å². The molecule has 126 valence electrons. The van der Waals surface area contributed by atoms with Crippen LogP contribution in [0.1, 0.15) is 23.6 Å². The maximum atomic E-state index is 6.76. The highest BCUT2D eigenvalue weighted by Gasteiger charge is 2.32. The van der Waals surface area contributed by atoms with Crippen molar-refractivity contribution in [1.82, 2.24) is 5.32 Å². The molecule has 0 saturated carbocycles. The minimum atomic E-state index is -0.751. The molecule has 4 nitrogen and oxygen atoms in total. The Morgan fingerprint density at radius 3 is 2.12 bits per heavy atom. The van der Waals surface area contributed by atoms with Crippen LogP contribution in [0.2, 0.25) is 0 Å². The third kappa shape index (κ3) is 2.89. The Balaban J connectivity index is 2.10. The summed E-state index contributed by atoms with van der Waals surface area (Å²) in [5.74, 6) is 2.15. The third-order valence-electron chi connectivity index (χ3n) is 4.13. The first-order valence-electron chi connectivity index (χ1n) is 7.58. The monoisotopic (exact) mass is 345 g/mol. The molecule has 0 radical (unpaired) electrons. The molecule has 0 aromatic heterocycles. The van der Waals surface area contributed by atoms with E-state index < -0.39 is 5.00 Å². The highest BCUT2D eigenvalue weighted by molar-refractivity contribution is 6.25. The molecule has 0 bridgehead atoms. The lowest BCUT2D eigenvalue weighted by Gasteiger charge is -2.33. The second-order valence-corrected chi connectivity index (χ2v) is 6.46. The summed E-state index contributed by atoms with van der Waals surface area (Å²) >= 11 is 6.76. The smallest absolute Gasteiger partial charge is 0.161 e. The van der Waals surface area contributed by atoms with Crippen molar-refractivity contribution >= 4 is 23.4 Å². The molecular weight excluding hydrogens is 326 g/mol. The summed E-state index contributed by atoms with van der Waals surface area (Å²) in [6.07, 6.45) is 2.06. The van der Waals surface area contributed by atoms with E-state index in [-0.39, 0.29) is 0 Å². The van der Waals surface area contributed by atoms with Crippen molar-refractivity contribution in [2.45, 2.75) is 11.9 Å². The summed E-state index contributed by atoms with van der Waals surface area (Å²) in [6.45, 7) is 1.93. The molecule has 0 amide bonds. The van der Waals surface area contributed by atoms with Crippen LogP contribution >= 0.6 is 11.6 Å². The van der Waals surface area contributed by atoms with E-state index >= 15 is 0 Å². The molecule has 1 heterocycles. The molecule has 0 aliphatic carbocycles. The number of rotatable bonds is 4. The molecule has 1 aliphatic heterocycles. The first kappa shape index (κ1) is 16.5. The number of alkyl halides is 1. The number of hydrogen-bond donors (Lipinski definition) is 1. The minimum Gasteiger partial charge on any atom is -0.497 e. The summed E-state index contributed by atoms with van der Waals surface area (Å²) in [4.78, 5) is -0.751. The van der Waals surface area contributed by atoms with E-state index in [0.29, 0.717) is 11.5 Å². The van der Waals surface area contributed by atoms with Gasteiger partial charge in [0.25, 0.3) is 0 Å². The Labute approximate surface area is 147 Å². The van der Waals surface area contributed by atoms with E-state index in [1.165, 1.54) is 0 Å². The maximum Gasteiger partial charge on any atom is 0.161 e. The van der Waals surface area contributed by atoms with Crippen LogP contribution in [0.3, 0.4) is 0 Å². The van der Waals surface area contributed by atoms with Gasteiger partial charge in [0.2, 0.25) is 0 Å². The fourth-order valence-corrected chi connectivity index (χ4v) is 3.12. The van der Waals surface area contributed by atoms with Crippen LogP contribution in [0.15, 0.2) is 36.4 Å². The van der Waals surface area contributed by atoms with Crippen molar-refractivity contribution in [3.8, 4) is 17.2 Å². The average molecular weight is 346 g/mol. The zero-order chi connectivity index (χ0) is 17.3. The topological polar surface area (TPSA) is 39.7 Å². The van der Waals surface area contributed by atoms with Crippen LogP contribution in [0, 0.1) is 0 Å². The van der Waals surface area contributed by atoms with Crippen LogP contribution in [0.25, 0.3) is 11.8 Å². The molecule has 2 aromatic rings. The van der Waals surface area contributed by atoms with Gasteiger partial charge < -0.3 is 19.5 Å². The fourth-order valence-electron chi connectivity index (χ4n) is 2.86.